The lowest BCUT2D eigenvalue weighted by atomic mass is 10.5. The van der Waals surface area contributed by atoms with Crippen LogP contribution in [0.2, 0.25) is 0 Å². The molecule has 3 rings (SSSR count). The third-order valence-electron chi connectivity index (χ3n) is 2.44. The topological polar surface area (TPSA) is 37.8 Å². The second-order valence-electron chi connectivity index (χ2n) is 3.89. The Labute approximate surface area is 124 Å². The highest BCUT2D eigenvalue weighted by atomic mass is 79.9. The molecule has 0 spiro atoms. The minimum absolute atomic E-state index is 0.715. The smallest absolute Gasteiger partial charge is 0.157 e. The molecule has 0 aromatic carbocycles. The van der Waals surface area contributed by atoms with Crippen molar-refractivity contribution in [1.82, 2.24) is 15.5 Å². The van der Waals surface area contributed by atoms with Crippen LogP contribution >= 0.6 is 54.5 Å². The molecule has 2 aromatic rings. The van der Waals surface area contributed by atoms with E-state index >= 15 is 0 Å². The molecule has 90 valence electrons. The van der Waals surface area contributed by atoms with E-state index in [4.69, 9.17) is 0 Å². The number of halogens is 2. The van der Waals surface area contributed by atoms with Crippen molar-refractivity contribution in [2.45, 2.75) is 25.4 Å². The van der Waals surface area contributed by atoms with E-state index in [9.17, 15) is 0 Å². The van der Waals surface area contributed by atoms with Gasteiger partial charge >= 0.3 is 0 Å². The average Bonchev–Trinajstić information content (AvgIpc) is 2.92. The normalized spacial score (nSPS) is 15.4. The first-order valence-corrected chi connectivity index (χ1v) is 8.45. The van der Waals surface area contributed by atoms with Gasteiger partial charge in [0.1, 0.15) is 5.01 Å². The number of aromatic nitrogens is 2. The highest BCUT2D eigenvalue weighted by Gasteiger charge is 2.21. The maximum atomic E-state index is 4.24. The molecular weight excluding hydrogens is 386 g/mol. The SMILES string of the molecule is Brc1cc(-c2nnc(CNC3CC3)s2)sc1Br. The molecule has 1 N–H and O–H groups in total. The van der Waals surface area contributed by atoms with Gasteiger partial charge in [-0.2, -0.15) is 0 Å². The van der Waals surface area contributed by atoms with Crippen molar-refractivity contribution in [2.75, 3.05) is 0 Å². The van der Waals surface area contributed by atoms with Crippen LogP contribution in [0.1, 0.15) is 17.8 Å². The number of nitrogens with zero attached hydrogens (tertiary/aromatic N) is 2. The molecule has 3 nitrogen and oxygen atoms in total. The lowest BCUT2D eigenvalue weighted by Crippen LogP contribution is -2.14. The third kappa shape index (κ3) is 2.96. The average molecular weight is 395 g/mol. The van der Waals surface area contributed by atoms with Crippen LogP contribution in [-0.4, -0.2) is 16.2 Å². The zero-order chi connectivity index (χ0) is 11.8. The van der Waals surface area contributed by atoms with Crippen LogP contribution < -0.4 is 5.32 Å². The first-order valence-electron chi connectivity index (χ1n) is 5.23. The van der Waals surface area contributed by atoms with Crippen molar-refractivity contribution in [3.05, 3.63) is 19.3 Å². The lowest BCUT2D eigenvalue weighted by Gasteiger charge is -1.95. The maximum Gasteiger partial charge on any atom is 0.157 e. The second kappa shape index (κ2) is 5.05. The molecule has 2 heterocycles. The van der Waals surface area contributed by atoms with Crippen LogP contribution in [0.5, 0.6) is 0 Å². The Balaban J connectivity index is 1.74. The van der Waals surface area contributed by atoms with Gasteiger partial charge < -0.3 is 5.32 Å². The van der Waals surface area contributed by atoms with E-state index in [1.807, 2.05) is 0 Å². The molecule has 1 saturated carbocycles. The lowest BCUT2D eigenvalue weighted by molar-refractivity contribution is 0.679. The number of hydrogen-bond donors (Lipinski definition) is 1. The number of nitrogens with one attached hydrogen (secondary N) is 1. The molecule has 0 amide bonds. The summed E-state index contributed by atoms with van der Waals surface area (Å²) in [6.45, 7) is 0.843. The third-order valence-corrected chi connectivity index (χ3v) is 6.79. The Hall–Kier alpha value is 0.180. The number of hydrogen-bond acceptors (Lipinski definition) is 5. The molecule has 0 bridgehead atoms. The van der Waals surface area contributed by atoms with Crippen molar-refractivity contribution >= 4 is 54.5 Å². The van der Waals surface area contributed by atoms with E-state index in [0.29, 0.717) is 6.04 Å². The minimum atomic E-state index is 0.715. The molecular formula is C10H9Br2N3S2. The minimum Gasteiger partial charge on any atom is -0.308 e. The molecule has 17 heavy (non-hydrogen) atoms. The van der Waals surface area contributed by atoms with Gasteiger partial charge in [0.25, 0.3) is 0 Å². The summed E-state index contributed by atoms with van der Waals surface area (Å²) in [5, 5.41) is 14.0. The fourth-order valence-electron chi connectivity index (χ4n) is 1.40. The summed E-state index contributed by atoms with van der Waals surface area (Å²) in [4.78, 5) is 1.15. The van der Waals surface area contributed by atoms with Crippen molar-refractivity contribution in [3.8, 4) is 9.88 Å². The highest BCUT2D eigenvalue weighted by molar-refractivity contribution is 9.13. The van der Waals surface area contributed by atoms with Gasteiger partial charge in [-0.25, -0.2) is 0 Å². The van der Waals surface area contributed by atoms with E-state index in [1.165, 1.54) is 12.8 Å². The largest absolute Gasteiger partial charge is 0.308 e. The van der Waals surface area contributed by atoms with E-state index in [0.717, 1.165) is 29.7 Å². The molecule has 0 saturated heterocycles. The molecule has 1 fully saturated rings. The molecule has 7 heteroatoms. The predicted octanol–water partition coefficient (Wildman–Crippen LogP) is 4.04. The molecule has 0 radical (unpaired) electrons. The van der Waals surface area contributed by atoms with Gasteiger partial charge in [-0.15, -0.1) is 21.5 Å². The first-order chi connectivity index (χ1) is 8.22. The molecule has 0 aliphatic heterocycles. The van der Waals surface area contributed by atoms with Gasteiger partial charge in [0.15, 0.2) is 5.01 Å². The Morgan fingerprint density at radius 1 is 1.29 bits per heavy atom. The molecule has 2 aromatic heterocycles. The Bertz CT molecular complexity index is 514. The Morgan fingerprint density at radius 2 is 2.12 bits per heavy atom. The van der Waals surface area contributed by atoms with Crippen molar-refractivity contribution in [1.29, 1.82) is 0 Å². The predicted molar refractivity (Wildman–Crippen MR) is 78.5 cm³/mol. The van der Waals surface area contributed by atoms with Gasteiger partial charge in [-0.05, 0) is 50.8 Å². The van der Waals surface area contributed by atoms with Gasteiger partial charge in [-0.1, -0.05) is 11.3 Å². The summed E-state index contributed by atoms with van der Waals surface area (Å²) in [6, 6.07) is 2.79. The second-order valence-corrected chi connectivity index (χ2v) is 8.17. The molecule has 1 aliphatic rings. The maximum absolute atomic E-state index is 4.24. The van der Waals surface area contributed by atoms with Crippen molar-refractivity contribution < 1.29 is 0 Å². The van der Waals surface area contributed by atoms with Gasteiger partial charge in [0, 0.05) is 17.1 Å². The van der Waals surface area contributed by atoms with Crippen LogP contribution in [0.15, 0.2) is 14.3 Å². The Kier molecular flexibility index (Phi) is 3.63. The summed E-state index contributed by atoms with van der Waals surface area (Å²) in [5.74, 6) is 0. The van der Waals surface area contributed by atoms with Gasteiger partial charge in [0.05, 0.1) is 8.66 Å². The van der Waals surface area contributed by atoms with Gasteiger partial charge in [-0.3, -0.25) is 0 Å². The standard InChI is InChI=1S/C10H9Br2N3S2/c11-6-3-7(16-9(6)12)10-15-14-8(17-10)4-13-5-1-2-5/h3,5,13H,1-2,4H2. The Morgan fingerprint density at radius 3 is 2.76 bits per heavy atom. The summed E-state index contributed by atoms with van der Waals surface area (Å²) < 4.78 is 2.17. The van der Waals surface area contributed by atoms with Crippen LogP contribution in [0.4, 0.5) is 0 Å². The van der Waals surface area contributed by atoms with Crippen molar-refractivity contribution in [3.63, 3.8) is 0 Å². The zero-order valence-electron chi connectivity index (χ0n) is 8.74. The molecule has 1 aliphatic carbocycles. The summed E-state index contributed by atoms with van der Waals surface area (Å²) in [7, 11) is 0. The number of rotatable bonds is 4. The molecule has 0 atom stereocenters. The first kappa shape index (κ1) is 12.2. The van der Waals surface area contributed by atoms with Crippen molar-refractivity contribution in [2.24, 2.45) is 0 Å². The van der Waals surface area contributed by atoms with Crippen LogP contribution in [0.3, 0.4) is 0 Å². The summed E-state index contributed by atoms with van der Waals surface area (Å²) in [6.07, 6.45) is 2.60. The zero-order valence-corrected chi connectivity index (χ0v) is 13.5. The summed E-state index contributed by atoms with van der Waals surface area (Å²) in [5.41, 5.74) is 0. The van der Waals surface area contributed by atoms with Crippen LogP contribution in [0.25, 0.3) is 9.88 Å². The van der Waals surface area contributed by atoms with Crippen LogP contribution in [0, 0.1) is 0 Å². The fraction of sp³-hybridized carbons (Fsp3) is 0.400. The van der Waals surface area contributed by atoms with Crippen LogP contribution in [-0.2, 0) is 6.54 Å². The van der Waals surface area contributed by atoms with E-state index in [2.05, 4.69) is 53.4 Å². The van der Waals surface area contributed by atoms with Gasteiger partial charge in [0.2, 0.25) is 0 Å². The molecule has 0 unspecified atom stereocenters. The summed E-state index contributed by atoms with van der Waals surface area (Å²) >= 11 is 10.3. The van der Waals surface area contributed by atoms with E-state index in [1.54, 1.807) is 22.7 Å². The highest BCUT2D eigenvalue weighted by Crippen LogP contribution is 2.39. The fourth-order valence-corrected chi connectivity index (χ4v) is 4.26. The van der Waals surface area contributed by atoms with E-state index in [-0.39, 0.29) is 0 Å². The quantitative estimate of drug-likeness (QED) is 0.850. The van der Waals surface area contributed by atoms with E-state index < -0.39 is 0 Å². The number of thiophene rings is 1. The monoisotopic (exact) mass is 393 g/mol.